The molecule has 0 saturated carbocycles. The predicted molar refractivity (Wildman–Crippen MR) is 97.4 cm³/mol. The Morgan fingerprint density at radius 3 is 2.48 bits per heavy atom. The van der Waals surface area contributed by atoms with Gasteiger partial charge in [-0.05, 0) is 47.1 Å². The summed E-state index contributed by atoms with van der Waals surface area (Å²) in [6, 6.07) is 1.90. The number of fused-ring (bicyclic) bond motifs is 1. The number of pyridine rings is 1. The van der Waals surface area contributed by atoms with Crippen molar-refractivity contribution in [2.24, 2.45) is 0 Å². The molecular formula is C19H28N2O6. The molecule has 0 spiro atoms. The van der Waals surface area contributed by atoms with E-state index >= 15 is 0 Å². The minimum absolute atomic E-state index is 0.287. The lowest BCUT2D eigenvalue weighted by atomic mass is 10.0. The second-order valence-corrected chi connectivity index (χ2v) is 8.50. The Labute approximate surface area is 158 Å². The molecule has 3 rings (SSSR count). The third-order valence-electron chi connectivity index (χ3n) is 4.78. The number of aromatic amines is 1. The van der Waals surface area contributed by atoms with E-state index in [4.69, 9.17) is 14.2 Å². The molecule has 0 bridgehead atoms. The van der Waals surface area contributed by atoms with Crippen LogP contribution in [0.2, 0.25) is 0 Å². The van der Waals surface area contributed by atoms with Crippen molar-refractivity contribution in [1.82, 2.24) is 9.88 Å². The first-order valence-corrected chi connectivity index (χ1v) is 9.22. The molecule has 150 valence electrons. The Morgan fingerprint density at radius 1 is 1.30 bits per heavy atom. The van der Waals surface area contributed by atoms with Crippen LogP contribution in [-0.4, -0.2) is 50.7 Å². The summed E-state index contributed by atoms with van der Waals surface area (Å²) in [5, 5.41) is 10.4. The van der Waals surface area contributed by atoms with Crippen molar-refractivity contribution >= 4 is 6.09 Å². The number of carbonyl (C=O) groups is 1. The van der Waals surface area contributed by atoms with E-state index in [1.54, 1.807) is 25.7 Å². The molecule has 2 fully saturated rings. The van der Waals surface area contributed by atoms with E-state index in [0.717, 1.165) is 0 Å². The van der Waals surface area contributed by atoms with Crippen molar-refractivity contribution in [2.75, 3.05) is 0 Å². The van der Waals surface area contributed by atoms with Crippen LogP contribution in [0.25, 0.3) is 0 Å². The number of nitrogens with zero attached hydrogens (tertiary/aromatic N) is 1. The maximum absolute atomic E-state index is 13.0. The van der Waals surface area contributed by atoms with Gasteiger partial charge in [-0.3, -0.25) is 14.7 Å². The first kappa shape index (κ1) is 19.7. The van der Waals surface area contributed by atoms with Gasteiger partial charge in [0.05, 0.1) is 12.1 Å². The SMILES string of the molecule is CC[C@@H]1[C@H]2OC(C)(C)O[C@H]2[C@H](c2ccc(=O)[nH]c2O)N1C(=O)OC(C)(C)C. The number of hydrogen-bond donors (Lipinski definition) is 2. The number of hydrogen-bond acceptors (Lipinski definition) is 6. The van der Waals surface area contributed by atoms with Crippen LogP contribution in [0.5, 0.6) is 5.88 Å². The molecule has 0 unspecified atom stereocenters. The summed E-state index contributed by atoms with van der Waals surface area (Å²) in [5.41, 5.74) is -0.704. The Balaban J connectivity index is 2.08. The largest absolute Gasteiger partial charge is 0.494 e. The summed E-state index contributed by atoms with van der Waals surface area (Å²) in [7, 11) is 0. The average Bonchev–Trinajstić information content (AvgIpc) is 2.96. The zero-order valence-electron chi connectivity index (χ0n) is 16.6. The van der Waals surface area contributed by atoms with Crippen molar-refractivity contribution in [1.29, 1.82) is 0 Å². The highest BCUT2D eigenvalue weighted by Gasteiger charge is 2.60. The molecule has 0 aliphatic carbocycles. The summed E-state index contributed by atoms with van der Waals surface area (Å²) >= 11 is 0. The predicted octanol–water partition coefficient (Wildman–Crippen LogP) is 2.67. The summed E-state index contributed by atoms with van der Waals surface area (Å²) in [6.45, 7) is 11.0. The van der Waals surface area contributed by atoms with Gasteiger partial charge in [-0.25, -0.2) is 4.79 Å². The van der Waals surface area contributed by atoms with Crippen LogP contribution in [-0.2, 0) is 14.2 Å². The van der Waals surface area contributed by atoms with E-state index in [2.05, 4.69) is 4.98 Å². The maximum Gasteiger partial charge on any atom is 0.411 e. The van der Waals surface area contributed by atoms with Gasteiger partial charge in [0, 0.05) is 11.6 Å². The summed E-state index contributed by atoms with van der Waals surface area (Å²) in [5.74, 6) is -1.09. The fourth-order valence-electron chi connectivity index (χ4n) is 3.91. The number of carbonyl (C=O) groups excluding carboxylic acids is 1. The van der Waals surface area contributed by atoms with Gasteiger partial charge in [-0.1, -0.05) is 6.92 Å². The molecule has 2 N–H and O–H groups in total. The minimum atomic E-state index is -0.807. The van der Waals surface area contributed by atoms with Crippen molar-refractivity contribution in [3.8, 4) is 5.88 Å². The smallest absolute Gasteiger partial charge is 0.411 e. The number of amides is 1. The van der Waals surface area contributed by atoms with Crippen LogP contribution in [0.1, 0.15) is 59.6 Å². The van der Waals surface area contributed by atoms with Gasteiger partial charge in [0.2, 0.25) is 0 Å². The molecule has 1 aromatic rings. The number of rotatable bonds is 2. The molecule has 8 nitrogen and oxygen atoms in total. The highest BCUT2D eigenvalue weighted by molar-refractivity contribution is 5.70. The molecule has 8 heteroatoms. The first-order chi connectivity index (χ1) is 12.4. The summed E-state index contributed by atoms with van der Waals surface area (Å²) in [4.78, 5) is 28.5. The standard InChI is InChI=1S/C19H28N2O6/c1-7-11-14-15(26-19(5,6)25-14)13(10-8-9-12(22)20-16(10)23)21(11)17(24)27-18(2,3)4/h8-9,11,13-15H,7H2,1-6H3,(H2,20,22,23)/t11-,13+,14-,15+/m1/s1. The Kier molecular flexibility index (Phi) is 4.76. The van der Waals surface area contributed by atoms with Gasteiger partial charge < -0.3 is 19.3 Å². The van der Waals surface area contributed by atoms with Crippen LogP contribution in [0, 0.1) is 0 Å². The van der Waals surface area contributed by atoms with Crippen LogP contribution in [0.15, 0.2) is 16.9 Å². The quantitative estimate of drug-likeness (QED) is 0.818. The number of aromatic hydroxyl groups is 1. The third-order valence-corrected chi connectivity index (χ3v) is 4.78. The highest BCUT2D eigenvalue weighted by atomic mass is 16.8. The monoisotopic (exact) mass is 380 g/mol. The van der Waals surface area contributed by atoms with Gasteiger partial charge in [0.15, 0.2) is 11.7 Å². The zero-order chi connectivity index (χ0) is 20.1. The second-order valence-electron chi connectivity index (χ2n) is 8.50. The van der Waals surface area contributed by atoms with E-state index in [0.29, 0.717) is 12.0 Å². The summed E-state index contributed by atoms with van der Waals surface area (Å²) in [6.07, 6.45) is -0.743. The molecule has 1 aromatic heterocycles. The fourth-order valence-corrected chi connectivity index (χ4v) is 3.91. The normalized spacial score (nSPS) is 29.6. The molecule has 2 saturated heterocycles. The van der Waals surface area contributed by atoms with E-state index < -0.39 is 35.2 Å². The lowest BCUT2D eigenvalue weighted by molar-refractivity contribution is -0.167. The van der Waals surface area contributed by atoms with Gasteiger partial charge in [0.25, 0.3) is 5.56 Å². The topological polar surface area (TPSA) is 101 Å². The van der Waals surface area contributed by atoms with Crippen molar-refractivity contribution in [3.63, 3.8) is 0 Å². The number of likely N-dealkylation sites (tertiary alicyclic amines) is 1. The van der Waals surface area contributed by atoms with Gasteiger partial charge >= 0.3 is 6.09 Å². The molecule has 27 heavy (non-hydrogen) atoms. The molecule has 2 aliphatic heterocycles. The van der Waals surface area contributed by atoms with Crippen molar-refractivity contribution in [3.05, 3.63) is 28.0 Å². The Hall–Kier alpha value is -2.06. The first-order valence-electron chi connectivity index (χ1n) is 9.22. The molecule has 0 radical (unpaired) electrons. The fraction of sp³-hybridized carbons (Fsp3) is 0.684. The number of aromatic nitrogens is 1. The van der Waals surface area contributed by atoms with Crippen molar-refractivity contribution < 1.29 is 24.1 Å². The summed E-state index contributed by atoms with van der Waals surface area (Å²) < 4.78 is 17.8. The van der Waals surface area contributed by atoms with E-state index in [1.165, 1.54) is 12.1 Å². The minimum Gasteiger partial charge on any atom is -0.494 e. The average molecular weight is 380 g/mol. The van der Waals surface area contributed by atoms with E-state index in [9.17, 15) is 14.7 Å². The van der Waals surface area contributed by atoms with Gasteiger partial charge in [-0.15, -0.1) is 0 Å². The molecule has 3 heterocycles. The molecule has 0 aromatic carbocycles. The number of H-pyrrole nitrogens is 1. The number of nitrogens with one attached hydrogen (secondary N) is 1. The van der Waals surface area contributed by atoms with Crippen LogP contribution in [0.3, 0.4) is 0 Å². The third kappa shape index (κ3) is 3.68. The maximum atomic E-state index is 13.0. The van der Waals surface area contributed by atoms with Crippen molar-refractivity contribution in [2.45, 2.75) is 83.6 Å². The van der Waals surface area contributed by atoms with E-state index in [1.807, 2.05) is 20.8 Å². The van der Waals surface area contributed by atoms with Crippen LogP contribution >= 0.6 is 0 Å². The Morgan fingerprint density at radius 2 is 1.93 bits per heavy atom. The van der Waals surface area contributed by atoms with Gasteiger partial charge in [0.1, 0.15) is 17.8 Å². The second kappa shape index (κ2) is 6.53. The van der Waals surface area contributed by atoms with E-state index in [-0.39, 0.29) is 18.0 Å². The lowest BCUT2D eigenvalue weighted by Gasteiger charge is -2.35. The lowest BCUT2D eigenvalue weighted by Crippen LogP contribution is -2.45. The number of ether oxygens (including phenoxy) is 3. The molecule has 2 aliphatic rings. The highest BCUT2D eigenvalue weighted by Crippen LogP contribution is 2.49. The Bertz CT molecular complexity index is 781. The van der Waals surface area contributed by atoms with Gasteiger partial charge in [-0.2, -0.15) is 0 Å². The van der Waals surface area contributed by atoms with Crippen LogP contribution in [0.4, 0.5) is 4.79 Å². The molecule has 4 atom stereocenters. The zero-order valence-corrected chi connectivity index (χ0v) is 16.6. The van der Waals surface area contributed by atoms with Crippen LogP contribution < -0.4 is 5.56 Å². The molecule has 1 amide bonds. The molecular weight excluding hydrogens is 352 g/mol.